The van der Waals surface area contributed by atoms with Gasteiger partial charge in [0.25, 0.3) is 5.91 Å². The highest BCUT2D eigenvalue weighted by Gasteiger charge is 2.24. The van der Waals surface area contributed by atoms with Crippen LogP contribution in [0.1, 0.15) is 28.0 Å². The summed E-state index contributed by atoms with van der Waals surface area (Å²) in [6, 6.07) is 15.0. The Hall–Kier alpha value is -3.28. The van der Waals surface area contributed by atoms with E-state index in [9.17, 15) is 4.79 Å². The molecule has 1 N–H and O–H groups in total. The number of carbonyl (C=O) groups excluding carboxylic acids is 1. The third kappa shape index (κ3) is 3.14. The van der Waals surface area contributed by atoms with Crippen LogP contribution >= 0.6 is 0 Å². The Morgan fingerprint density at radius 1 is 1.04 bits per heavy atom. The molecule has 2 aromatic carbocycles. The second kappa shape index (κ2) is 7.15. The third-order valence-electron chi connectivity index (χ3n) is 4.79. The molecule has 0 saturated heterocycles. The number of carbonyl (C=O) groups is 1. The molecule has 138 valence electrons. The van der Waals surface area contributed by atoms with E-state index in [0.29, 0.717) is 17.1 Å². The molecule has 3 aromatic rings. The standard InChI is InChI=1S/C21H21N3O3/c1-26-18-12-11-14(13-19(18)27-2)21(25)22-20-16-9-6-10-17(16)23-24(20)15-7-4-3-5-8-15/h3-5,7-8,11-13H,6,9-10H2,1-2H3,(H,22,25). The van der Waals surface area contributed by atoms with Crippen LogP contribution < -0.4 is 14.8 Å². The van der Waals surface area contributed by atoms with Gasteiger partial charge in [0.15, 0.2) is 11.5 Å². The molecular formula is C21H21N3O3. The van der Waals surface area contributed by atoms with Crippen LogP contribution in [0.5, 0.6) is 11.5 Å². The van der Waals surface area contributed by atoms with Crippen molar-refractivity contribution in [1.82, 2.24) is 9.78 Å². The number of hydrogen-bond acceptors (Lipinski definition) is 4. The number of fused-ring (bicyclic) bond motifs is 1. The number of ether oxygens (including phenoxy) is 2. The molecule has 1 amide bonds. The predicted octanol–water partition coefficient (Wildman–Crippen LogP) is 3.63. The van der Waals surface area contributed by atoms with Crippen molar-refractivity contribution in [3.05, 3.63) is 65.4 Å². The summed E-state index contributed by atoms with van der Waals surface area (Å²) in [5, 5.41) is 7.79. The van der Waals surface area contributed by atoms with E-state index in [4.69, 9.17) is 14.6 Å². The fourth-order valence-electron chi connectivity index (χ4n) is 3.43. The maximum absolute atomic E-state index is 12.9. The lowest BCUT2D eigenvalue weighted by molar-refractivity contribution is 0.102. The minimum absolute atomic E-state index is 0.206. The summed E-state index contributed by atoms with van der Waals surface area (Å²) >= 11 is 0. The summed E-state index contributed by atoms with van der Waals surface area (Å²) < 4.78 is 12.4. The van der Waals surface area contributed by atoms with Gasteiger partial charge in [0.05, 0.1) is 25.6 Å². The van der Waals surface area contributed by atoms with E-state index in [2.05, 4.69) is 5.32 Å². The Morgan fingerprint density at radius 2 is 1.81 bits per heavy atom. The van der Waals surface area contributed by atoms with Crippen LogP contribution in [0.25, 0.3) is 5.69 Å². The smallest absolute Gasteiger partial charge is 0.256 e. The van der Waals surface area contributed by atoms with E-state index in [1.165, 1.54) is 0 Å². The molecule has 0 bridgehead atoms. The summed E-state index contributed by atoms with van der Waals surface area (Å²) in [5.41, 5.74) is 3.60. The predicted molar refractivity (Wildman–Crippen MR) is 103 cm³/mol. The topological polar surface area (TPSA) is 65.4 Å². The lowest BCUT2D eigenvalue weighted by atomic mass is 10.1. The molecule has 1 aliphatic rings. The SMILES string of the molecule is COc1ccc(C(=O)Nc2c3c(nn2-c2ccccc2)CCC3)cc1OC. The van der Waals surface area contributed by atoms with Gasteiger partial charge in [-0.2, -0.15) is 5.10 Å². The molecule has 27 heavy (non-hydrogen) atoms. The number of anilines is 1. The van der Waals surface area contributed by atoms with Crippen molar-refractivity contribution in [2.45, 2.75) is 19.3 Å². The van der Waals surface area contributed by atoms with Crippen molar-refractivity contribution in [2.75, 3.05) is 19.5 Å². The molecule has 4 rings (SSSR count). The van der Waals surface area contributed by atoms with Crippen molar-refractivity contribution in [3.63, 3.8) is 0 Å². The van der Waals surface area contributed by atoms with E-state index in [1.807, 2.05) is 35.0 Å². The first-order chi connectivity index (χ1) is 13.2. The van der Waals surface area contributed by atoms with Gasteiger partial charge in [-0.1, -0.05) is 18.2 Å². The molecule has 1 aliphatic carbocycles. The van der Waals surface area contributed by atoms with Crippen LogP contribution in [-0.4, -0.2) is 29.9 Å². The third-order valence-corrected chi connectivity index (χ3v) is 4.79. The van der Waals surface area contributed by atoms with Gasteiger partial charge in [-0.05, 0) is 49.6 Å². The zero-order chi connectivity index (χ0) is 18.8. The second-order valence-electron chi connectivity index (χ2n) is 6.40. The molecule has 0 saturated carbocycles. The number of nitrogens with one attached hydrogen (secondary N) is 1. The minimum Gasteiger partial charge on any atom is -0.493 e. The van der Waals surface area contributed by atoms with Crippen LogP contribution in [0, 0.1) is 0 Å². The highest BCUT2D eigenvalue weighted by Crippen LogP contribution is 2.32. The van der Waals surface area contributed by atoms with Gasteiger partial charge < -0.3 is 14.8 Å². The molecule has 6 heteroatoms. The number of amides is 1. The molecular weight excluding hydrogens is 342 g/mol. The number of hydrogen-bond donors (Lipinski definition) is 1. The summed E-state index contributed by atoms with van der Waals surface area (Å²) in [7, 11) is 3.12. The van der Waals surface area contributed by atoms with E-state index >= 15 is 0 Å². The normalized spacial score (nSPS) is 12.5. The molecule has 0 spiro atoms. The van der Waals surface area contributed by atoms with Gasteiger partial charge in [0, 0.05) is 11.1 Å². The Bertz CT molecular complexity index is 980. The van der Waals surface area contributed by atoms with Crippen molar-refractivity contribution in [3.8, 4) is 17.2 Å². The monoisotopic (exact) mass is 363 g/mol. The highest BCUT2D eigenvalue weighted by atomic mass is 16.5. The van der Waals surface area contributed by atoms with E-state index in [0.717, 1.165) is 42.0 Å². The van der Waals surface area contributed by atoms with Crippen LogP contribution in [-0.2, 0) is 12.8 Å². The lowest BCUT2D eigenvalue weighted by Gasteiger charge is -2.12. The molecule has 0 fully saturated rings. The lowest BCUT2D eigenvalue weighted by Crippen LogP contribution is -2.16. The Balaban J connectivity index is 1.69. The fourth-order valence-corrected chi connectivity index (χ4v) is 3.43. The fraction of sp³-hybridized carbons (Fsp3) is 0.238. The van der Waals surface area contributed by atoms with Gasteiger partial charge in [-0.3, -0.25) is 4.79 Å². The van der Waals surface area contributed by atoms with E-state index < -0.39 is 0 Å². The van der Waals surface area contributed by atoms with Crippen molar-refractivity contribution >= 4 is 11.7 Å². The van der Waals surface area contributed by atoms with Gasteiger partial charge in [-0.15, -0.1) is 0 Å². The molecule has 1 heterocycles. The summed E-state index contributed by atoms with van der Waals surface area (Å²) in [6.07, 6.45) is 2.92. The number of aryl methyl sites for hydroxylation is 1. The zero-order valence-corrected chi connectivity index (χ0v) is 15.4. The molecule has 0 aliphatic heterocycles. The highest BCUT2D eigenvalue weighted by molar-refractivity contribution is 6.04. The number of aromatic nitrogens is 2. The molecule has 1 aromatic heterocycles. The largest absolute Gasteiger partial charge is 0.493 e. The number of methoxy groups -OCH3 is 2. The number of rotatable bonds is 5. The second-order valence-corrected chi connectivity index (χ2v) is 6.40. The van der Waals surface area contributed by atoms with Gasteiger partial charge in [0.1, 0.15) is 5.82 Å². The van der Waals surface area contributed by atoms with Gasteiger partial charge >= 0.3 is 0 Å². The van der Waals surface area contributed by atoms with Gasteiger partial charge in [-0.25, -0.2) is 4.68 Å². The van der Waals surface area contributed by atoms with Crippen LogP contribution in [0.2, 0.25) is 0 Å². The van der Waals surface area contributed by atoms with Crippen molar-refractivity contribution < 1.29 is 14.3 Å². The van der Waals surface area contributed by atoms with E-state index in [-0.39, 0.29) is 5.91 Å². The Morgan fingerprint density at radius 3 is 2.56 bits per heavy atom. The Kier molecular flexibility index (Phi) is 4.54. The van der Waals surface area contributed by atoms with Crippen LogP contribution in [0.3, 0.4) is 0 Å². The van der Waals surface area contributed by atoms with Crippen molar-refractivity contribution in [1.29, 1.82) is 0 Å². The quantitative estimate of drug-likeness (QED) is 0.752. The maximum atomic E-state index is 12.9. The molecule has 0 atom stereocenters. The molecule has 0 unspecified atom stereocenters. The molecule has 6 nitrogen and oxygen atoms in total. The summed E-state index contributed by atoms with van der Waals surface area (Å²) in [6.45, 7) is 0. The maximum Gasteiger partial charge on any atom is 0.256 e. The van der Waals surface area contributed by atoms with Crippen LogP contribution in [0.4, 0.5) is 5.82 Å². The first-order valence-electron chi connectivity index (χ1n) is 8.91. The first-order valence-corrected chi connectivity index (χ1v) is 8.91. The summed E-state index contributed by atoms with van der Waals surface area (Å²) in [4.78, 5) is 12.9. The van der Waals surface area contributed by atoms with Crippen molar-refractivity contribution in [2.24, 2.45) is 0 Å². The van der Waals surface area contributed by atoms with Gasteiger partial charge in [0.2, 0.25) is 0 Å². The number of nitrogens with zero attached hydrogens (tertiary/aromatic N) is 2. The molecule has 0 radical (unpaired) electrons. The average Bonchev–Trinajstić information content (AvgIpc) is 3.30. The zero-order valence-electron chi connectivity index (χ0n) is 15.4. The first kappa shape index (κ1) is 17.1. The number of para-hydroxylation sites is 1. The Labute approximate surface area is 157 Å². The minimum atomic E-state index is -0.206. The average molecular weight is 363 g/mol. The number of benzene rings is 2. The summed E-state index contributed by atoms with van der Waals surface area (Å²) in [5.74, 6) is 1.65. The van der Waals surface area contributed by atoms with Crippen LogP contribution in [0.15, 0.2) is 48.5 Å². The van der Waals surface area contributed by atoms with E-state index in [1.54, 1.807) is 32.4 Å².